The molecule has 1 nitrogen and oxygen atoms in total. The third-order valence-electron chi connectivity index (χ3n) is 11.7. The average Bonchev–Trinajstić information content (AvgIpc) is 3.70. The van der Waals surface area contributed by atoms with Gasteiger partial charge in [-0.15, -0.1) is 11.3 Å². The van der Waals surface area contributed by atoms with E-state index >= 15 is 0 Å². The van der Waals surface area contributed by atoms with Crippen molar-refractivity contribution in [2.45, 2.75) is 0 Å². The van der Waals surface area contributed by atoms with E-state index in [2.05, 4.69) is 241 Å². The van der Waals surface area contributed by atoms with Crippen molar-refractivity contribution in [2.24, 2.45) is 0 Å². The van der Waals surface area contributed by atoms with E-state index < -0.39 is 0 Å². The second-order valence-corrected chi connectivity index (χ2v) is 16.5. The summed E-state index contributed by atoms with van der Waals surface area (Å²) in [5, 5.41) is 5.11. The lowest BCUT2D eigenvalue weighted by atomic mass is 9.96. The molecular formula is C58H39NS. The van der Waals surface area contributed by atoms with Gasteiger partial charge in [0.25, 0.3) is 0 Å². The fourth-order valence-electron chi connectivity index (χ4n) is 8.49. The highest BCUT2D eigenvalue weighted by molar-refractivity contribution is 7.25. The van der Waals surface area contributed by atoms with Gasteiger partial charge in [-0.25, -0.2) is 0 Å². The van der Waals surface area contributed by atoms with Gasteiger partial charge in [0, 0.05) is 37.2 Å². The molecule has 1 aromatic heterocycles. The van der Waals surface area contributed by atoms with Gasteiger partial charge in [0.1, 0.15) is 0 Å². The molecule has 0 bridgehead atoms. The number of hydrogen-bond donors (Lipinski definition) is 0. The standard InChI is InChI=1S/C58H39NS/c1-2-9-40(10-3-1)42-17-19-43(20-18-42)45-27-31-52(32-28-45)59(54-35-36-58-56(39-54)55-15-6-7-16-57(55)60-58)53-33-29-46(30-34-53)44-21-23-47(24-22-44)49-13-8-14-50(37-49)51-26-25-41-11-4-5-12-48(41)38-51/h1-39H. The van der Waals surface area contributed by atoms with Gasteiger partial charge in [0.05, 0.1) is 0 Å². The SMILES string of the molecule is c1ccc(-c2ccc(-c3ccc(N(c4ccc(-c5ccc(-c6cccc(-c7ccc8ccccc8c7)c6)cc5)cc4)c4ccc5sc6ccccc6c5c4)cc3)cc2)cc1. The van der Waals surface area contributed by atoms with E-state index in [0.717, 1.165) is 17.1 Å². The lowest BCUT2D eigenvalue weighted by Crippen LogP contribution is -2.09. The van der Waals surface area contributed by atoms with Crippen LogP contribution in [0.3, 0.4) is 0 Å². The first-order chi connectivity index (χ1) is 29.7. The van der Waals surface area contributed by atoms with Crippen LogP contribution >= 0.6 is 11.3 Å². The van der Waals surface area contributed by atoms with Crippen molar-refractivity contribution < 1.29 is 0 Å². The van der Waals surface area contributed by atoms with Gasteiger partial charge in [-0.3, -0.25) is 0 Å². The first-order valence-electron chi connectivity index (χ1n) is 20.5. The van der Waals surface area contributed by atoms with E-state index in [0.29, 0.717) is 0 Å². The van der Waals surface area contributed by atoms with E-state index in [4.69, 9.17) is 0 Å². The van der Waals surface area contributed by atoms with E-state index in [9.17, 15) is 0 Å². The lowest BCUT2D eigenvalue weighted by Gasteiger charge is -2.26. The van der Waals surface area contributed by atoms with Crippen molar-refractivity contribution >= 4 is 59.3 Å². The Morgan fingerprint density at radius 3 is 1.28 bits per heavy atom. The molecule has 0 aliphatic carbocycles. The van der Waals surface area contributed by atoms with Gasteiger partial charge in [-0.2, -0.15) is 0 Å². The third-order valence-corrected chi connectivity index (χ3v) is 12.8. The minimum atomic E-state index is 1.11. The molecule has 282 valence electrons. The summed E-state index contributed by atoms with van der Waals surface area (Å²) in [6, 6.07) is 86.1. The zero-order chi connectivity index (χ0) is 39.8. The maximum Gasteiger partial charge on any atom is 0.0468 e. The molecular weight excluding hydrogens is 743 g/mol. The van der Waals surface area contributed by atoms with Crippen LogP contribution in [-0.4, -0.2) is 0 Å². The molecule has 0 saturated carbocycles. The van der Waals surface area contributed by atoms with Gasteiger partial charge in [0.15, 0.2) is 0 Å². The van der Waals surface area contributed by atoms with Crippen molar-refractivity contribution in [1.82, 2.24) is 0 Å². The van der Waals surface area contributed by atoms with Gasteiger partial charge in [0.2, 0.25) is 0 Å². The summed E-state index contributed by atoms with van der Waals surface area (Å²) in [5.41, 5.74) is 15.4. The molecule has 1 heterocycles. The molecule has 60 heavy (non-hydrogen) atoms. The summed E-state index contributed by atoms with van der Waals surface area (Å²) in [6.07, 6.45) is 0. The third kappa shape index (κ3) is 6.83. The van der Waals surface area contributed by atoms with Crippen LogP contribution in [0, 0.1) is 0 Å². The molecule has 0 N–H and O–H groups in total. The molecule has 0 aliphatic heterocycles. The Bertz CT molecular complexity index is 3270. The van der Waals surface area contributed by atoms with E-state index in [1.807, 2.05) is 11.3 Å². The smallest absolute Gasteiger partial charge is 0.0468 e. The van der Waals surface area contributed by atoms with E-state index in [1.54, 1.807) is 0 Å². The Labute approximate surface area is 354 Å². The van der Waals surface area contributed by atoms with Gasteiger partial charge in [-0.1, -0.05) is 176 Å². The molecule has 0 amide bonds. The zero-order valence-electron chi connectivity index (χ0n) is 32.9. The van der Waals surface area contributed by atoms with E-state index in [-0.39, 0.29) is 0 Å². The van der Waals surface area contributed by atoms with Gasteiger partial charge < -0.3 is 4.90 Å². The van der Waals surface area contributed by atoms with Gasteiger partial charge >= 0.3 is 0 Å². The lowest BCUT2D eigenvalue weighted by molar-refractivity contribution is 1.29. The largest absolute Gasteiger partial charge is 0.310 e. The van der Waals surface area contributed by atoms with Crippen LogP contribution in [0.1, 0.15) is 0 Å². The number of thiophene rings is 1. The second-order valence-electron chi connectivity index (χ2n) is 15.4. The van der Waals surface area contributed by atoms with Crippen LogP contribution < -0.4 is 4.90 Å². The van der Waals surface area contributed by atoms with Crippen molar-refractivity contribution in [3.8, 4) is 55.6 Å². The topological polar surface area (TPSA) is 3.24 Å². The summed E-state index contributed by atoms with van der Waals surface area (Å²) in [6.45, 7) is 0. The summed E-state index contributed by atoms with van der Waals surface area (Å²) in [4.78, 5) is 2.38. The summed E-state index contributed by atoms with van der Waals surface area (Å²) in [7, 11) is 0. The molecule has 0 unspecified atom stereocenters. The van der Waals surface area contributed by atoms with Crippen molar-refractivity contribution in [2.75, 3.05) is 4.90 Å². The Morgan fingerprint density at radius 1 is 0.233 bits per heavy atom. The summed E-state index contributed by atoms with van der Waals surface area (Å²) < 4.78 is 2.61. The minimum Gasteiger partial charge on any atom is -0.310 e. The summed E-state index contributed by atoms with van der Waals surface area (Å²) in [5.74, 6) is 0. The fraction of sp³-hybridized carbons (Fsp3) is 0. The van der Waals surface area contributed by atoms with Crippen LogP contribution in [0.15, 0.2) is 237 Å². The molecule has 2 heteroatoms. The van der Waals surface area contributed by atoms with Crippen LogP contribution in [0.25, 0.3) is 86.6 Å². The van der Waals surface area contributed by atoms with Crippen molar-refractivity contribution in [3.05, 3.63) is 237 Å². The number of nitrogens with zero attached hydrogens (tertiary/aromatic N) is 1. The van der Waals surface area contributed by atoms with Crippen LogP contribution in [0.4, 0.5) is 17.1 Å². The molecule has 0 spiro atoms. The highest BCUT2D eigenvalue weighted by Gasteiger charge is 2.16. The Hall–Kier alpha value is -7.52. The molecule has 11 aromatic rings. The Kier molecular flexibility index (Phi) is 9.11. The highest BCUT2D eigenvalue weighted by atomic mass is 32.1. The normalized spacial score (nSPS) is 11.3. The predicted molar refractivity (Wildman–Crippen MR) is 259 cm³/mol. The van der Waals surface area contributed by atoms with Crippen molar-refractivity contribution in [3.63, 3.8) is 0 Å². The zero-order valence-corrected chi connectivity index (χ0v) is 33.7. The number of rotatable bonds is 8. The first kappa shape index (κ1) is 35.6. The predicted octanol–water partition coefficient (Wildman–Crippen LogP) is 17.0. The monoisotopic (exact) mass is 781 g/mol. The van der Waals surface area contributed by atoms with Gasteiger partial charge in [-0.05, 0) is 127 Å². The molecule has 10 aromatic carbocycles. The molecule has 11 rings (SSSR count). The molecule has 0 saturated heterocycles. The minimum absolute atomic E-state index is 1.11. The fourth-order valence-corrected chi connectivity index (χ4v) is 9.58. The molecule has 0 aliphatic rings. The quantitative estimate of drug-likeness (QED) is 0.148. The van der Waals surface area contributed by atoms with E-state index in [1.165, 1.54) is 86.6 Å². The average molecular weight is 782 g/mol. The summed E-state index contributed by atoms with van der Waals surface area (Å²) >= 11 is 1.85. The van der Waals surface area contributed by atoms with Crippen LogP contribution in [0.2, 0.25) is 0 Å². The molecule has 0 fully saturated rings. The van der Waals surface area contributed by atoms with Crippen molar-refractivity contribution in [1.29, 1.82) is 0 Å². The highest BCUT2D eigenvalue weighted by Crippen LogP contribution is 2.42. The van der Waals surface area contributed by atoms with Crippen LogP contribution in [0.5, 0.6) is 0 Å². The number of hydrogen-bond acceptors (Lipinski definition) is 2. The number of anilines is 3. The number of benzene rings is 10. The second kappa shape index (κ2) is 15.3. The molecule has 0 atom stereocenters. The number of fused-ring (bicyclic) bond motifs is 4. The molecule has 0 radical (unpaired) electrons. The first-order valence-corrected chi connectivity index (χ1v) is 21.3. The maximum atomic E-state index is 2.38. The Morgan fingerprint density at radius 2 is 0.650 bits per heavy atom. The van der Waals surface area contributed by atoms with Crippen LogP contribution in [-0.2, 0) is 0 Å². The Balaban J connectivity index is 0.900. The maximum absolute atomic E-state index is 2.38.